The summed E-state index contributed by atoms with van der Waals surface area (Å²) in [6.07, 6.45) is 8.67. The molecular formula is C17H29IN4O. The molecule has 0 aromatic carbocycles. The number of halogens is 1. The first-order valence-corrected chi connectivity index (χ1v) is 8.33. The van der Waals surface area contributed by atoms with Crippen LogP contribution in [0.2, 0.25) is 0 Å². The second-order valence-corrected chi connectivity index (χ2v) is 5.87. The second-order valence-electron chi connectivity index (χ2n) is 5.87. The summed E-state index contributed by atoms with van der Waals surface area (Å²) in [4.78, 5) is 8.78. The maximum Gasteiger partial charge on any atom is 0.191 e. The fourth-order valence-electron chi connectivity index (χ4n) is 2.66. The van der Waals surface area contributed by atoms with Crippen molar-refractivity contribution < 1.29 is 4.74 Å². The third kappa shape index (κ3) is 6.53. The van der Waals surface area contributed by atoms with Crippen molar-refractivity contribution in [2.24, 2.45) is 10.4 Å². The van der Waals surface area contributed by atoms with Crippen molar-refractivity contribution in [3.05, 3.63) is 24.5 Å². The van der Waals surface area contributed by atoms with E-state index in [-0.39, 0.29) is 24.0 Å². The van der Waals surface area contributed by atoms with Gasteiger partial charge < -0.3 is 15.4 Å². The van der Waals surface area contributed by atoms with Gasteiger partial charge in [-0.15, -0.1) is 24.0 Å². The zero-order chi connectivity index (χ0) is 15.7. The predicted octanol–water partition coefficient (Wildman–Crippen LogP) is 3.21. The number of pyridine rings is 1. The van der Waals surface area contributed by atoms with E-state index in [0.717, 1.165) is 31.3 Å². The number of nitrogens with one attached hydrogen (secondary N) is 2. The summed E-state index contributed by atoms with van der Waals surface area (Å²) in [5.41, 5.74) is 0.453. The molecular weight excluding hydrogens is 403 g/mol. The first-order valence-electron chi connectivity index (χ1n) is 8.33. The largest absolute Gasteiger partial charge is 0.490 e. The molecule has 1 aliphatic rings. The van der Waals surface area contributed by atoms with Crippen molar-refractivity contribution in [3.63, 3.8) is 0 Å². The molecule has 0 amide bonds. The van der Waals surface area contributed by atoms with E-state index in [1.165, 1.54) is 25.7 Å². The van der Waals surface area contributed by atoms with Crippen LogP contribution in [-0.2, 0) is 0 Å². The van der Waals surface area contributed by atoms with Gasteiger partial charge in [-0.05, 0) is 43.7 Å². The standard InChI is InChI=1S/C17H28N4O.HI/c1-3-17(8-6-9-17)14-21-16(19-4-2)20-11-12-22-15-7-5-10-18-13-15;/h5,7,10,13H,3-4,6,8-9,11-12,14H2,1-2H3,(H2,19,20,21);1H. The Morgan fingerprint density at radius 3 is 2.74 bits per heavy atom. The first kappa shape index (κ1) is 20.0. The van der Waals surface area contributed by atoms with Crippen molar-refractivity contribution in [3.8, 4) is 5.75 Å². The quantitative estimate of drug-likeness (QED) is 0.287. The predicted molar refractivity (Wildman–Crippen MR) is 106 cm³/mol. The Morgan fingerprint density at radius 1 is 1.35 bits per heavy atom. The highest BCUT2D eigenvalue weighted by atomic mass is 127. The van der Waals surface area contributed by atoms with E-state index < -0.39 is 0 Å². The molecule has 1 aromatic rings. The summed E-state index contributed by atoms with van der Waals surface area (Å²) < 4.78 is 5.63. The lowest BCUT2D eigenvalue weighted by Crippen LogP contribution is -2.41. The van der Waals surface area contributed by atoms with Crippen LogP contribution < -0.4 is 15.4 Å². The SMILES string of the molecule is CCNC(=NCC1(CC)CCC1)NCCOc1cccnc1.I. The highest BCUT2D eigenvalue weighted by molar-refractivity contribution is 14.0. The molecule has 1 aliphatic carbocycles. The zero-order valence-electron chi connectivity index (χ0n) is 14.2. The Bertz CT molecular complexity index is 457. The molecule has 1 heterocycles. The van der Waals surface area contributed by atoms with Crippen LogP contribution in [0, 0.1) is 5.41 Å². The average Bonchev–Trinajstić information content (AvgIpc) is 2.51. The molecule has 5 nitrogen and oxygen atoms in total. The summed E-state index contributed by atoms with van der Waals surface area (Å²) in [5, 5.41) is 6.63. The van der Waals surface area contributed by atoms with Crippen molar-refractivity contribution in [1.29, 1.82) is 0 Å². The second kappa shape index (κ2) is 10.7. The molecule has 0 atom stereocenters. The van der Waals surface area contributed by atoms with Gasteiger partial charge in [-0.1, -0.05) is 13.3 Å². The lowest BCUT2D eigenvalue weighted by atomic mass is 9.67. The van der Waals surface area contributed by atoms with Gasteiger partial charge >= 0.3 is 0 Å². The van der Waals surface area contributed by atoms with E-state index in [0.29, 0.717) is 12.0 Å². The first-order chi connectivity index (χ1) is 10.8. The number of rotatable bonds is 8. The van der Waals surface area contributed by atoms with E-state index in [1.807, 2.05) is 12.1 Å². The van der Waals surface area contributed by atoms with Gasteiger partial charge in [0.05, 0.1) is 12.7 Å². The lowest BCUT2D eigenvalue weighted by molar-refractivity contribution is 0.139. The molecule has 0 spiro atoms. The fourth-order valence-corrected chi connectivity index (χ4v) is 2.66. The number of aliphatic imine (C=N–C) groups is 1. The normalized spacial score (nSPS) is 16.0. The van der Waals surface area contributed by atoms with E-state index in [4.69, 9.17) is 9.73 Å². The molecule has 0 aliphatic heterocycles. The van der Waals surface area contributed by atoms with Crippen LogP contribution >= 0.6 is 24.0 Å². The van der Waals surface area contributed by atoms with Gasteiger partial charge in [-0.25, -0.2) is 0 Å². The number of hydrogen-bond donors (Lipinski definition) is 2. The number of aromatic nitrogens is 1. The maximum absolute atomic E-state index is 5.63. The highest BCUT2D eigenvalue weighted by Gasteiger charge is 2.34. The Kier molecular flexibility index (Phi) is 9.28. The topological polar surface area (TPSA) is 58.5 Å². The van der Waals surface area contributed by atoms with E-state index in [1.54, 1.807) is 12.4 Å². The molecule has 1 aromatic heterocycles. The molecule has 23 heavy (non-hydrogen) atoms. The van der Waals surface area contributed by atoms with Gasteiger partial charge in [-0.3, -0.25) is 9.98 Å². The summed E-state index contributed by atoms with van der Waals surface area (Å²) in [6.45, 7) is 7.46. The molecule has 2 rings (SSSR count). The van der Waals surface area contributed by atoms with Gasteiger partial charge in [-0.2, -0.15) is 0 Å². The Balaban J connectivity index is 0.00000264. The third-order valence-corrected chi connectivity index (χ3v) is 4.38. The minimum Gasteiger partial charge on any atom is -0.490 e. The summed E-state index contributed by atoms with van der Waals surface area (Å²) in [5.74, 6) is 1.68. The van der Waals surface area contributed by atoms with Crippen LogP contribution in [-0.4, -0.2) is 37.2 Å². The van der Waals surface area contributed by atoms with Crippen molar-refractivity contribution in [2.75, 3.05) is 26.2 Å². The van der Waals surface area contributed by atoms with Gasteiger partial charge in [0.25, 0.3) is 0 Å². The van der Waals surface area contributed by atoms with Gasteiger partial charge in [0.2, 0.25) is 0 Å². The van der Waals surface area contributed by atoms with Crippen molar-refractivity contribution in [2.45, 2.75) is 39.5 Å². The van der Waals surface area contributed by atoms with Crippen LogP contribution in [0.15, 0.2) is 29.5 Å². The number of nitrogens with zero attached hydrogens (tertiary/aromatic N) is 2. The minimum atomic E-state index is 0. The Hall–Kier alpha value is -1.05. The van der Waals surface area contributed by atoms with Crippen LogP contribution in [0.5, 0.6) is 5.75 Å². The molecule has 2 N–H and O–H groups in total. The third-order valence-electron chi connectivity index (χ3n) is 4.38. The molecule has 1 saturated carbocycles. The van der Waals surface area contributed by atoms with Gasteiger partial charge in [0, 0.05) is 19.3 Å². The molecule has 0 unspecified atom stereocenters. The van der Waals surface area contributed by atoms with E-state index in [9.17, 15) is 0 Å². The molecule has 0 bridgehead atoms. The Morgan fingerprint density at radius 2 is 2.17 bits per heavy atom. The van der Waals surface area contributed by atoms with Crippen molar-refractivity contribution in [1.82, 2.24) is 15.6 Å². The average molecular weight is 432 g/mol. The molecule has 0 radical (unpaired) electrons. The van der Waals surface area contributed by atoms with Gasteiger partial charge in [0.15, 0.2) is 5.96 Å². The summed E-state index contributed by atoms with van der Waals surface area (Å²) in [7, 11) is 0. The Labute approximate surface area is 156 Å². The molecule has 130 valence electrons. The molecule has 1 fully saturated rings. The van der Waals surface area contributed by atoms with Crippen LogP contribution in [0.1, 0.15) is 39.5 Å². The minimum absolute atomic E-state index is 0. The van der Waals surface area contributed by atoms with Crippen LogP contribution in [0.3, 0.4) is 0 Å². The smallest absolute Gasteiger partial charge is 0.191 e. The van der Waals surface area contributed by atoms with Crippen molar-refractivity contribution >= 4 is 29.9 Å². The fraction of sp³-hybridized carbons (Fsp3) is 0.647. The lowest BCUT2D eigenvalue weighted by Gasteiger charge is -2.40. The zero-order valence-corrected chi connectivity index (χ0v) is 16.5. The number of hydrogen-bond acceptors (Lipinski definition) is 3. The molecule has 6 heteroatoms. The number of ether oxygens (including phenoxy) is 1. The van der Waals surface area contributed by atoms with Gasteiger partial charge in [0.1, 0.15) is 12.4 Å². The summed E-state index contributed by atoms with van der Waals surface area (Å²) in [6, 6.07) is 3.78. The summed E-state index contributed by atoms with van der Waals surface area (Å²) >= 11 is 0. The number of guanidine groups is 1. The van der Waals surface area contributed by atoms with Crippen LogP contribution in [0.4, 0.5) is 0 Å². The van der Waals surface area contributed by atoms with E-state index in [2.05, 4.69) is 29.5 Å². The highest BCUT2D eigenvalue weighted by Crippen LogP contribution is 2.43. The van der Waals surface area contributed by atoms with Crippen LogP contribution in [0.25, 0.3) is 0 Å². The van der Waals surface area contributed by atoms with E-state index >= 15 is 0 Å². The molecule has 0 saturated heterocycles. The maximum atomic E-state index is 5.63. The monoisotopic (exact) mass is 432 g/mol.